The molecule has 1 heterocycles. The predicted octanol–water partition coefficient (Wildman–Crippen LogP) is 0.477. The van der Waals surface area contributed by atoms with E-state index in [0.29, 0.717) is 17.5 Å². The fraction of sp³-hybridized carbons (Fsp3) is 0.571. The topological polar surface area (TPSA) is 52.9 Å². The summed E-state index contributed by atoms with van der Waals surface area (Å²) in [5, 5.41) is 18.0. The zero-order valence-electron chi connectivity index (χ0n) is 11.7. The van der Waals surface area contributed by atoms with E-state index in [0.717, 1.165) is 25.4 Å². The summed E-state index contributed by atoms with van der Waals surface area (Å²) in [6.45, 7) is 8.47. The van der Waals surface area contributed by atoms with Gasteiger partial charge in [0, 0.05) is 13.1 Å². The van der Waals surface area contributed by atoms with Crippen LogP contribution in [-0.4, -0.2) is 48.3 Å². The maximum absolute atomic E-state index is 8.99. The molecule has 0 amide bonds. The van der Waals surface area contributed by atoms with Crippen LogP contribution in [0.4, 0.5) is 0 Å². The van der Waals surface area contributed by atoms with E-state index >= 15 is 0 Å². The Bertz CT molecular complexity index is 406. The molecule has 0 bridgehead atoms. The lowest BCUT2D eigenvalue weighted by Crippen LogP contribution is -2.29. The Kier molecular flexibility index (Phi) is 4.50. The summed E-state index contributed by atoms with van der Waals surface area (Å²) in [5.41, 5.74) is 0.910. The van der Waals surface area contributed by atoms with Crippen LogP contribution in [0.25, 0.3) is 0 Å². The Morgan fingerprint density at radius 3 is 2.47 bits per heavy atom. The maximum atomic E-state index is 8.99. The Hall–Kier alpha value is -1.04. The summed E-state index contributed by atoms with van der Waals surface area (Å²) in [5.74, 6) is 0.767. The molecule has 0 saturated carbocycles. The average Bonchev–Trinajstić information content (AvgIpc) is 2.69. The van der Waals surface area contributed by atoms with Gasteiger partial charge in [0.05, 0.1) is 0 Å². The summed E-state index contributed by atoms with van der Waals surface area (Å²) < 4.78 is 5.67. The van der Waals surface area contributed by atoms with Gasteiger partial charge in [0.2, 0.25) is 0 Å². The second-order valence-electron chi connectivity index (χ2n) is 5.98. The van der Waals surface area contributed by atoms with E-state index in [1.165, 1.54) is 6.42 Å². The first-order valence-electron chi connectivity index (χ1n) is 6.78. The molecule has 5 heteroatoms. The standard InChI is InChI=1S/C14H22BNO3/c1-14(2)7-8-16(11-14)9-10-19-13-5-3-12(4-6-13)15(17)18/h3-6,17-18H,7-11H2,1-2H3. The molecule has 0 atom stereocenters. The third-order valence-corrected chi connectivity index (χ3v) is 3.61. The van der Waals surface area contributed by atoms with Crippen LogP contribution in [0.3, 0.4) is 0 Å². The zero-order chi connectivity index (χ0) is 13.9. The molecular formula is C14H22BNO3. The number of nitrogens with zero attached hydrogens (tertiary/aromatic N) is 1. The van der Waals surface area contributed by atoms with E-state index in [1.807, 2.05) is 0 Å². The largest absolute Gasteiger partial charge is 0.492 e. The molecule has 0 aromatic heterocycles. The van der Waals surface area contributed by atoms with Crippen molar-refractivity contribution >= 4 is 12.6 Å². The fourth-order valence-electron chi connectivity index (χ4n) is 2.44. The summed E-state index contributed by atoms with van der Waals surface area (Å²) in [4.78, 5) is 2.42. The molecule has 0 radical (unpaired) electrons. The molecule has 0 unspecified atom stereocenters. The number of likely N-dealkylation sites (tertiary alicyclic amines) is 1. The summed E-state index contributed by atoms with van der Waals surface area (Å²) >= 11 is 0. The van der Waals surface area contributed by atoms with Crippen molar-refractivity contribution in [1.82, 2.24) is 4.90 Å². The van der Waals surface area contributed by atoms with E-state index in [9.17, 15) is 0 Å². The molecule has 1 fully saturated rings. The predicted molar refractivity (Wildman–Crippen MR) is 76.6 cm³/mol. The molecule has 1 saturated heterocycles. The van der Waals surface area contributed by atoms with Crippen molar-refractivity contribution in [3.8, 4) is 5.75 Å². The van der Waals surface area contributed by atoms with Crippen LogP contribution in [-0.2, 0) is 0 Å². The van der Waals surface area contributed by atoms with Gasteiger partial charge in [-0.2, -0.15) is 0 Å². The van der Waals surface area contributed by atoms with Gasteiger partial charge in [0.1, 0.15) is 12.4 Å². The second kappa shape index (κ2) is 5.95. The van der Waals surface area contributed by atoms with Crippen molar-refractivity contribution < 1.29 is 14.8 Å². The second-order valence-corrected chi connectivity index (χ2v) is 5.98. The molecule has 4 nitrogen and oxygen atoms in total. The minimum Gasteiger partial charge on any atom is -0.492 e. The van der Waals surface area contributed by atoms with Gasteiger partial charge in [-0.15, -0.1) is 0 Å². The summed E-state index contributed by atoms with van der Waals surface area (Å²) in [6, 6.07) is 6.86. The molecule has 1 aliphatic heterocycles. The van der Waals surface area contributed by atoms with Crippen molar-refractivity contribution in [1.29, 1.82) is 0 Å². The van der Waals surface area contributed by atoms with Gasteiger partial charge in [-0.1, -0.05) is 26.0 Å². The molecule has 0 spiro atoms. The van der Waals surface area contributed by atoms with Gasteiger partial charge in [-0.3, -0.25) is 4.90 Å². The lowest BCUT2D eigenvalue weighted by molar-refractivity contribution is 0.222. The SMILES string of the molecule is CC1(C)CCN(CCOc2ccc(B(O)O)cc2)C1. The third kappa shape index (κ3) is 4.23. The highest BCUT2D eigenvalue weighted by Crippen LogP contribution is 2.28. The number of ether oxygens (including phenoxy) is 1. The van der Waals surface area contributed by atoms with E-state index in [2.05, 4.69) is 18.7 Å². The van der Waals surface area contributed by atoms with E-state index in [-0.39, 0.29) is 0 Å². The Balaban J connectivity index is 1.74. The molecule has 1 aliphatic rings. The van der Waals surface area contributed by atoms with Crippen LogP contribution in [0.15, 0.2) is 24.3 Å². The van der Waals surface area contributed by atoms with E-state index in [1.54, 1.807) is 24.3 Å². The number of hydrogen-bond acceptors (Lipinski definition) is 4. The Morgan fingerprint density at radius 2 is 1.95 bits per heavy atom. The van der Waals surface area contributed by atoms with Crippen LogP contribution in [0.1, 0.15) is 20.3 Å². The summed E-state index contributed by atoms with van der Waals surface area (Å²) in [7, 11) is -1.42. The highest BCUT2D eigenvalue weighted by atomic mass is 16.5. The minimum absolute atomic E-state index is 0.429. The number of benzene rings is 1. The van der Waals surface area contributed by atoms with E-state index < -0.39 is 7.12 Å². The smallest absolute Gasteiger partial charge is 0.488 e. The molecule has 2 N–H and O–H groups in total. The molecule has 2 rings (SSSR count). The molecule has 19 heavy (non-hydrogen) atoms. The van der Waals surface area contributed by atoms with Crippen LogP contribution in [0, 0.1) is 5.41 Å². The first-order valence-corrected chi connectivity index (χ1v) is 6.78. The molecular weight excluding hydrogens is 241 g/mol. The van der Waals surface area contributed by atoms with Gasteiger partial charge in [0.15, 0.2) is 0 Å². The number of hydrogen-bond donors (Lipinski definition) is 2. The zero-order valence-corrected chi connectivity index (χ0v) is 11.7. The molecule has 1 aromatic rings. The van der Waals surface area contributed by atoms with Crippen LogP contribution in [0.2, 0.25) is 0 Å². The van der Waals surface area contributed by atoms with Crippen molar-refractivity contribution in [3.63, 3.8) is 0 Å². The molecule has 1 aromatic carbocycles. The third-order valence-electron chi connectivity index (χ3n) is 3.61. The Labute approximate surface area is 115 Å². The number of rotatable bonds is 5. The molecule has 0 aliphatic carbocycles. The van der Waals surface area contributed by atoms with E-state index in [4.69, 9.17) is 14.8 Å². The van der Waals surface area contributed by atoms with Crippen LogP contribution >= 0.6 is 0 Å². The van der Waals surface area contributed by atoms with Gasteiger partial charge >= 0.3 is 7.12 Å². The van der Waals surface area contributed by atoms with Crippen molar-refractivity contribution in [2.75, 3.05) is 26.2 Å². The fourth-order valence-corrected chi connectivity index (χ4v) is 2.44. The lowest BCUT2D eigenvalue weighted by Gasteiger charge is -2.19. The first-order chi connectivity index (χ1) is 8.96. The monoisotopic (exact) mass is 263 g/mol. The van der Waals surface area contributed by atoms with Gasteiger partial charge < -0.3 is 14.8 Å². The van der Waals surface area contributed by atoms with Gasteiger partial charge in [0.25, 0.3) is 0 Å². The molecule has 104 valence electrons. The highest BCUT2D eigenvalue weighted by molar-refractivity contribution is 6.58. The van der Waals surface area contributed by atoms with Crippen molar-refractivity contribution in [2.24, 2.45) is 5.41 Å². The van der Waals surface area contributed by atoms with Crippen molar-refractivity contribution in [2.45, 2.75) is 20.3 Å². The van der Waals surface area contributed by atoms with Crippen LogP contribution < -0.4 is 10.2 Å². The highest BCUT2D eigenvalue weighted by Gasteiger charge is 2.28. The van der Waals surface area contributed by atoms with Gasteiger partial charge in [-0.05, 0) is 36.0 Å². The first kappa shape index (κ1) is 14.4. The summed E-state index contributed by atoms with van der Waals surface area (Å²) in [6.07, 6.45) is 1.25. The lowest BCUT2D eigenvalue weighted by atomic mass is 9.80. The Morgan fingerprint density at radius 1 is 1.26 bits per heavy atom. The van der Waals surface area contributed by atoms with Crippen LogP contribution in [0.5, 0.6) is 5.75 Å². The maximum Gasteiger partial charge on any atom is 0.488 e. The minimum atomic E-state index is -1.42. The normalized spacial score (nSPS) is 18.5. The average molecular weight is 263 g/mol. The van der Waals surface area contributed by atoms with Gasteiger partial charge in [-0.25, -0.2) is 0 Å². The quantitative estimate of drug-likeness (QED) is 0.759. The van der Waals surface area contributed by atoms with Crippen molar-refractivity contribution in [3.05, 3.63) is 24.3 Å².